The molecular formula is C11H15ClFN. The first-order valence-corrected chi connectivity index (χ1v) is 4.63. The number of hydrogen-bond donors (Lipinski definition) is 1. The molecule has 2 rings (SSSR count). The highest BCUT2D eigenvalue weighted by Gasteiger charge is 2.55. The molecule has 1 nitrogen and oxygen atoms in total. The summed E-state index contributed by atoms with van der Waals surface area (Å²) < 4.78 is 14.0. The predicted octanol–water partition coefficient (Wildman–Crippen LogP) is 2.56. The van der Waals surface area contributed by atoms with Gasteiger partial charge in [-0.15, -0.1) is 12.4 Å². The van der Waals surface area contributed by atoms with Crippen molar-refractivity contribution in [3.05, 3.63) is 35.4 Å². The molecule has 0 aromatic heterocycles. The van der Waals surface area contributed by atoms with Gasteiger partial charge in [0.1, 0.15) is 5.67 Å². The zero-order valence-corrected chi connectivity index (χ0v) is 8.98. The lowest BCUT2D eigenvalue weighted by Gasteiger charge is -2.07. The molecule has 0 heterocycles. The smallest absolute Gasteiger partial charge is 0.140 e. The summed E-state index contributed by atoms with van der Waals surface area (Å²) in [6.45, 7) is 2.43. The first-order valence-electron chi connectivity index (χ1n) is 4.63. The van der Waals surface area contributed by atoms with Crippen molar-refractivity contribution in [3.8, 4) is 0 Å². The van der Waals surface area contributed by atoms with Crippen LogP contribution in [-0.2, 0) is 5.67 Å². The minimum Gasteiger partial charge on any atom is -0.330 e. The maximum Gasteiger partial charge on any atom is 0.140 e. The van der Waals surface area contributed by atoms with E-state index >= 15 is 0 Å². The minimum atomic E-state index is -1.12. The van der Waals surface area contributed by atoms with Crippen molar-refractivity contribution in [1.29, 1.82) is 0 Å². The van der Waals surface area contributed by atoms with E-state index in [1.165, 1.54) is 0 Å². The molecule has 1 aliphatic carbocycles. The zero-order chi connectivity index (χ0) is 9.47. The number of benzene rings is 1. The normalized spacial score (nSPS) is 29.5. The highest BCUT2D eigenvalue weighted by Crippen LogP contribution is 2.54. The fraction of sp³-hybridized carbons (Fsp3) is 0.455. The predicted molar refractivity (Wildman–Crippen MR) is 58.4 cm³/mol. The molecule has 0 bridgehead atoms. The Kier molecular flexibility index (Phi) is 3.17. The van der Waals surface area contributed by atoms with Crippen LogP contribution in [0, 0.1) is 12.8 Å². The molecule has 0 radical (unpaired) electrons. The van der Waals surface area contributed by atoms with Crippen LogP contribution in [0.5, 0.6) is 0 Å². The van der Waals surface area contributed by atoms with Gasteiger partial charge in [-0.3, -0.25) is 0 Å². The maximum absolute atomic E-state index is 14.0. The third-order valence-corrected chi connectivity index (χ3v) is 2.81. The largest absolute Gasteiger partial charge is 0.330 e. The summed E-state index contributed by atoms with van der Waals surface area (Å²) in [6, 6.07) is 7.64. The van der Waals surface area contributed by atoms with Crippen LogP contribution in [-0.4, -0.2) is 6.54 Å². The van der Waals surface area contributed by atoms with E-state index in [9.17, 15) is 4.39 Å². The van der Waals surface area contributed by atoms with E-state index in [1.54, 1.807) is 0 Å². The molecule has 0 aliphatic heterocycles. The average molecular weight is 216 g/mol. The standard InChI is InChI=1S/C11H14FN.ClH/c1-8-3-2-4-9(5-8)11(12)6-10(11)7-13;/h2-5,10H,6-7,13H2,1H3;1H/t10-,11+;/m0./s1. The Morgan fingerprint density at radius 1 is 1.57 bits per heavy atom. The van der Waals surface area contributed by atoms with Gasteiger partial charge in [-0.25, -0.2) is 4.39 Å². The molecule has 1 saturated carbocycles. The lowest BCUT2D eigenvalue weighted by atomic mass is 10.0. The molecule has 2 N–H and O–H groups in total. The van der Waals surface area contributed by atoms with Crippen LogP contribution in [0.25, 0.3) is 0 Å². The summed E-state index contributed by atoms with van der Waals surface area (Å²) in [7, 11) is 0. The van der Waals surface area contributed by atoms with Crippen molar-refractivity contribution in [1.82, 2.24) is 0 Å². The topological polar surface area (TPSA) is 26.0 Å². The Labute approximate surface area is 89.9 Å². The van der Waals surface area contributed by atoms with E-state index in [0.717, 1.165) is 11.1 Å². The van der Waals surface area contributed by atoms with Gasteiger partial charge >= 0.3 is 0 Å². The summed E-state index contributed by atoms with van der Waals surface area (Å²) in [4.78, 5) is 0. The van der Waals surface area contributed by atoms with Crippen LogP contribution in [0.15, 0.2) is 24.3 Å². The molecule has 1 aromatic carbocycles. The first kappa shape index (κ1) is 11.5. The maximum atomic E-state index is 14.0. The molecule has 0 amide bonds. The molecule has 0 unspecified atom stereocenters. The fourth-order valence-corrected chi connectivity index (χ4v) is 1.83. The second-order valence-corrected chi connectivity index (χ2v) is 3.87. The fourth-order valence-electron chi connectivity index (χ4n) is 1.83. The van der Waals surface area contributed by atoms with Crippen molar-refractivity contribution in [2.75, 3.05) is 6.54 Å². The molecule has 78 valence electrons. The molecule has 3 heteroatoms. The van der Waals surface area contributed by atoms with Gasteiger partial charge in [0.15, 0.2) is 0 Å². The lowest BCUT2D eigenvalue weighted by molar-refractivity contribution is 0.288. The molecule has 2 atom stereocenters. The second kappa shape index (κ2) is 3.87. The Balaban J connectivity index is 0.000000980. The Hall–Kier alpha value is -0.600. The second-order valence-electron chi connectivity index (χ2n) is 3.87. The van der Waals surface area contributed by atoms with Gasteiger partial charge in [0, 0.05) is 5.92 Å². The average Bonchev–Trinajstić information content (AvgIpc) is 2.79. The Morgan fingerprint density at radius 3 is 2.79 bits per heavy atom. The van der Waals surface area contributed by atoms with Crippen molar-refractivity contribution < 1.29 is 4.39 Å². The van der Waals surface area contributed by atoms with Gasteiger partial charge in [0.2, 0.25) is 0 Å². The molecule has 1 fully saturated rings. The van der Waals surface area contributed by atoms with E-state index in [-0.39, 0.29) is 18.3 Å². The minimum absolute atomic E-state index is 0. The summed E-state index contributed by atoms with van der Waals surface area (Å²) in [6.07, 6.45) is 0.590. The van der Waals surface area contributed by atoms with Crippen molar-refractivity contribution in [3.63, 3.8) is 0 Å². The van der Waals surface area contributed by atoms with Crippen molar-refractivity contribution in [2.24, 2.45) is 11.7 Å². The summed E-state index contributed by atoms with van der Waals surface area (Å²) in [5.74, 6) is 0.0364. The van der Waals surface area contributed by atoms with Gasteiger partial charge < -0.3 is 5.73 Å². The van der Waals surface area contributed by atoms with Crippen LogP contribution >= 0.6 is 12.4 Å². The highest BCUT2D eigenvalue weighted by atomic mass is 35.5. The van der Waals surface area contributed by atoms with E-state index in [4.69, 9.17) is 5.73 Å². The van der Waals surface area contributed by atoms with E-state index in [0.29, 0.717) is 13.0 Å². The molecular weight excluding hydrogens is 201 g/mol. The van der Waals surface area contributed by atoms with Crippen LogP contribution < -0.4 is 5.73 Å². The third kappa shape index (κ3) is 1.77. The van der Waals surface area contributed by atoms with E-state index in [2.05, 4.69) is 0 Å². The van der Waals surface area contributed by atoms with Crippen molar-refractivity contribution >= 4 is 12.4 Å². The number of alkyl halides is 1. The quantitative estimate of drug-likeness (QED) is 0.806. The van der Waals surface area contributed by atoms with Crippen LogP contribution in [0.4, 0.5) is 4.39 Å². The molecule has 0 saturated heterocycles. The van der Waals surface area contributed by atoms with Crippen LogP contribution in [0.3, 0.4) is 0 Å². The number of aryl methyl sites for hydroxylation is 1. The third-order valence-electron chi connectivity index (χ3n) is 2.81. The lowest BCUT2D eigenvalue weighted by Crippen LogP contribution is -2.10. The number of halogens is 2. The Morgan fingerprint density at radius 2 is 2.29 bits per heavy atom. The number of rotatable bonds is 2. The van der Waals surface area contributed by atoms with Gasteiger partial charge in [0.25, 0.3) is 0 Å². The molecule has 1 aromatic rings. The number of hydrogen-bond acceptors (Lipinski definition) is 1. The Bertz CT molecular complexity index is 329. The first-order chi connectivity index (χ1) is 6.16. The van der Waals surface area contributed by atoms with Crippen molar-refractivity contribution in [2.45, 2.75) is 19.0 Å². The van der Waals surface area contributed by atoms with Gasteiger partial charge in [-0.1, -0.05) is 29.8 Å². The van der Waals surface area contributed by atoms with E-state index < -0.39 is 5.67 Å². The summed E-state index contributed by atoms with van der Waals surface area (Å²) in [5.41, 5.74) is 6.22. The highest BCUT2D eigenvalue weighted by molar-refractivity contribution is 5.85. The summed E-state index contributed by atoms with van der Waals surface area (Å²) in [5, 5.41) is 0. The monoisotopic (exact) mass is 215 g/mol. The van der Waals surface area contributed by atoms with Crippen LogP contribution in [0.2, 0.25) is 0 Å². The molecule has 1 aliphatic rings. The van der Waals surface area contributed by atoms with E-state index in [1.807, 2.05) is 31.2 Å². The molecule has 0 spiro atoms. The van der Waals surface area contributed by atoms with Gasteiger partial charge in [-0.05, 0) is 25.5 Å². The van der Waals surface area contributed by atoms with Crippen LogP contribution in [0.1, 0.15) is 17.5 Å². The molecule has 14 heavy (non-hydrogen) atoms. The zero-order valence-electron chi connectivity index (χ0n) is 8.16. The SMILES string of the molecule is Cc1cccc([C@]2(F)C[C@H]2CN)c1.Cl. The van der Waals surface area contributed by atoms with Gasteiger partial charge in [-0.2, -0.15) is 0 Å². The number of nitrogens with two attached hydrogens (primary N) is 1. The summed E-state index contributed by atoms with van der Waals surface area (Å²) >= 11 is 0. The van der Waals surface area contributed by atoms with Gasteiger partial charge in [0.05, 0.1) is 0 Å².